The molecular weight excluding hydrogens is 242 g/mol. The molecule has 102 valence electrons. The fourth-order valence-corrected chi connectivity index (χ4v) is 2.33. The average Bonchev–Trinajstić information content (AvgIpc) is 2.80. The molecule has 3 N–H and O–H groups in total. The normalized spacial score (nSPS) is 18.7. The Morgan fingerprint density at radius 3 is 2.84 bits per heavy atom. The van der Waals surface area contributed by atoms with Crippen molar-refractivity contribution >= 4 is 17.5 Å². The van der Waals surface area contributed by atoms with Crippen LogP contribution in [-0.4, -0.2) is 31.4 Å². The van der Waals surface area contributed by atoms with Crippen LogP contribution in [0.4, 0.5) is 5.69 Å². The molecule has 1 aromatic rings. The van der Waals surface area contributed by atoms with Gasteiger partial charge in [-0.3, -0.25) is 9.59 Å². The van der Waals surface area contributed by atoms with E-state index in [1.165, 1.54) is 0 Å². The third-order valence-electron chi connectivity index (χ3n) is 3.32. The molecule has 1 heterocycles. The van der Waals surface area contributed by atoms with Gasteiger partial charge < -0.3 is 16.0 Å². The summed E-state index contributed by atoms with van der Waals surface area (Å²) in [7, 11) is 0. The minimum absolute atomic E-state index is 0.0344. The summed E-state index contributed by atoms with van der Waals surface area (Å²) in [5, 5.41) is 2.76. The molecule has 0 aromatic heterocycles. The number of anilines is 1. The zero-order valence-corrected chi connectivity index (χ0v) is 11.1. The van der Waals surface area contributed by atoms with Crippen molar-refractivity contribution in [2.24, 2.45) is 11.7 Å². The van der Waals surface area contributed by atoms with Gasteiger partial charge in [-0.05, 0) is 31.5 Å². The predicted octanol–water partition coefficient (Wildman–Crippen LogP) is 0.748. The highest BCUT2D eigenvalue weighted by Crippen LogP contribution is 2.27. The molecule has 1 aliphatic heterocycles. The Morgan fingerprint density at radius 2 is 2.21 bits per heavy atom. The van der Waals surface area contributed by atoms with Gasteiger partial charge in [0.05, 0.1) is 11.3 Å². The van der Waals surface area contributed by atoms with E-state index in [1.54, 1.807) is 23.1 Å². The Kier molecular flexibility index (Phi) is 4.16. The van der Waals surface area contributed by atoms with Crippen LogP contribution in [0.15, 0.2) is 24.3 Å². The van der Waals surface area contributed by atoms with Crippen LogP contribution in [0.3, 0.4) is 0 Å². The maximum atomic E-state index is 12.0. The first kappa shape index (κ1) is 13.5. The first-order valence-corrected chi connectivity index (χ1v) is 6.55. The number of nitrogens with zero attached hydrogens (tertiary/aromatic N) is 1. The van der Waals surface area contributed by atoms with Crippen molar-refractivity contribution in [1.82, 2.24) is 5.32 Å². The molecule has 1 aliphatic rings. The Balaban J connectivity index is 2.30. The van der Waals surface area contributed by atoms with Crippen molar-refractivity contribution < 1.29 is 9.59 Å². The number of hydrogen-bond acceptors (Lipinski definition) is 3. The quantitative estimate of drug-likeness (QED) is 0.839. The van der Waals surface area contributed by atoms with Gasteiger partial charge in [0.15, 0.2) is 0 Å². The molecule has 0 saturated carbocycles. The van der Waals surface area contributed by atoms with Crippen molar-refractivity contribution in [2.45, 2.75) is 13.3 Å². The zero-order valence-electron chi connectivity index (χ0n) is 11.1. The van der Waals surface area contributed by atoms with E-state index >= 15 is 0 Å². The molecule has 1 aromatic carbocycles. The largest absolute Gasteiger partial charge is 0.352 e. The van der Waals surface area contributed by atoms with Crippen molar-refractivity contribution in [3.63, 3.8) is 0 Å². The van der Waals surface area contributed by atoms with Crippen molar-refractivity contribution in [3.8, 4) is 0 Å². The lowest BCUT2D eigenvalue weighted by molar-refractivity contribution is -0.117. The number of carbonyl (C=O) groups is 2. The second kappa shape index (κ2) is 5.84. The van der Waals surface area contributed by atoms with Gasteiger partial charge in [-0.2, -0.15) is 0 Å². The maximum absolute atomic E-state index is 12.0. The van der Waals surface area contributed by atoms with Crippen molar-refractivity contribution in [1.29, 1.82) is 0 Å². The van der Waals surface area contributed by atoms with E-state index in [0.717, 1.165) is 0 Å². The Hall–Kier alpha value is -1.88. The van der Waals surface area contributed by atoms with Gasteiger partial charge in [-0.1, -0.05) is 12.1 Å². The number of rotatable bonds is 4. The third kappa shape index (κ3) is 2.76. The van der Waals surface area contributed by atoms with Crippen LogP contribution in [-0.2, 0) is 4.79 Å². The summed E-state index contributed by atoms with van der Waals surface area (Å²) in [6, 6.07) is 7.18. The summed E-state index contributed by atoms with van der Waals surface area (Å²) < 4.78 is 0. The van der Waals surface area contributed by atoms with E-state index in [1.807, 2.05) is 13.0 Å². The second-order valence-electron chi connectivity index (χ2n) is 4.69. The lowest BCUT2D eigenvalue weighted by Gasteiger charge is -2.19. The summed E-state index contributed by atoms with van der Waals surface area (Å²) in [6.45, 7) is 3.51. The highest BCUT2D eigenvalue weighted by molar-refractivity contribution is 6.05. The number of amides is 2. The van der Waals surface area contributed by atoms with E-state index in [9.17, 15) is 9.59 Å². The van der Waals surface area contributed by atoms with Gasteiger partial charge in [0.25, 0.3) is 5.91 Å². The fraction of sp³-hybridized carbons (Fsp3) is 0.429. The highest BCUT2D eigenvalue weighted by atomic mass is 16.2. The third-order valence-corrected chi connectivity index (χ3v) is 3.32. The van der Waals surface area contributed by atoms with Gasteiger partial charge in [0, 0.05) is 19.5 Å². The van der Waals surface area contributed by atoms with E-state index in [0.29, 0.717) is 37.3 Å². The Bertz CT molecular complexity index is 487. The summed E-state index contributed by atoms with van der Waals surface area (Å²) in [5.41, 5.74) is 6.84. The smallest absolute Gasteiger partial charge is 0.253 e. The van der Waals surface area contributed by atoms with E-state index in [2.05, 4.69) is 5.32 Å². The molecule has 0 aliphatic carbocycles. The van der Waals surface area contributed by atoms with E-state index < -0.39 is 0 Å². The van der Waals surface area contributed by atoms with Crippen molar-refractivity contribution in [2.75, 3.05) is 24.5 Å². The van der Waals surface area contributed by atoms with Crippen LogP contribution in [0, 0.1) is 5.92 Å². The predicted molar refractivity (Wildman–Crippen MR) is 74.0 cm³/mol. The molecule has 0 radical (unpaired) electrons. The topological polar surface area (TPSA) is 75.4 Å². The summed E-state index contributed by atoms with van der Waals surface area (Å²) >= 11 is 0. The number of benzene rings is 1. The van der Waals surface area contributed by atoms with Crippen LogP contribution in [0.5, 0.6) is 0 Å². The SMILES string of the molecule is CCNC(=O)c1ccccc1N1CC(CN)CC1=O. The number of hydrogen-bond donors (Lipinski definition) is 2. The standard InChI is InChI=1S/C14H19N3O2/c1-2-16-14(19)11-5-3-4-6-12(11)17-9-10(8-15)7-13(17)18/h3-6,10H,2,7-9,15H2,1H3,(H,16,19). The van der Waals surface area contributed by atoms with E-state index in [4.69, 9.17) is 5.73 Å². The lowest BCUT2D eigenvalue weighted by Crippen LogP contribution is -2.30. The van der Waals surface area contributed by atoms with Crippen LogP contribution in [0.1, 0.15) is 23.7 Å². The number of para-hydroxylation sites is 1. The van der Waals surface area contributed by atoms with Crippen LogP contribution in [0.2, 0.25) is 0 Å². The number of nitrogens with one attached hydrogen (secondary N) is 1. The average molecular weight is 261 g/mol. The van der Waals surface area contributed by atoms with Crippen molar-refractivity contribution in [3.05, 3.63) is 29.8 Å². The van der Waals surface area contributed by atoms with Crippen LogP contribution < -0.4 is 16.0 Å². The Labute approximate surface area is 112 Å². The molecule has 1 fully saturated rings. The van der Waals surface area contributed by atoms with Gasteiger partial charge in [0.1, 0.15) is 0 Å². The Morgan fingerprint density at radius 1 is 1.47 bits per heavy atom. The molecule has 2 amide bonds. The van der Waals surface area contributed by atoms with Gasteiger partial charge >= 0.3 is 0 Å². The van der Waals surface area contributed by atoms with E-state index in [-0.39, 0.29) is 17.7 Å². The summed E-state index contributed by atoms with van der Waals surface area (Å²) in [5.74, 6) is 0.0593. The van der Waals surface area contributed by atoms with Gasteiger partial charge in [-0.25, -0.2) is 0 Å². The second-order valence-corrected chi connectivity index (χ2v) is 4.69. The molecule has 1 atom stereocenters. The molecule has 0 bridgehead atoms. The monoisotopic (exact) mass is 261 g/mol. The molecule has 0 spiro atoms. The van der Waals surface area contributed by atoms with Crippen LogP contribution in [0.25, 0.3) is 0 Å². The molecule has 1 unspecified atom stereocenters. The minimum atomic E-state index is -0.151. The maximum Gasteiger partial charge on any atom is 0.253 e. The zero-order chi connectivity index (χ0) is 13.8. The molecule has 1 saturated heterocycles. The number of carbonyl (C=O) groups excluding carboxylic acids is 2. The van der Waals surface area contributed by atoms with Gasteiger partial charge in [0.2, 0.25) is 5.91 Å². The minimum Gasteiger partial charge on any atom is -0.352 e. The highest BCUT2D eigenvalue weighted by Gasteiger charge is 2.31. The first-order valence-electron chi connectivity index (χ1n) is 6.55. The summed E-state index contributed by atoms with van der Waals surface area (Å²) in [4.78, 5) is 25.7. The van der Waals surface area contributed by atoms with Gasteiger partial charge in [-0.15, -0.1) is 0 Å². The molecular formula is C14H19N3O2. The molecule has 2 rings (SSSR count). The number of nitrogens with two attached hydrogens (primary N) is 1. The fourth-order valence-electron chi connectivity index (χ4n) is 2.33. The first-order chi connectivity index (χ1) is 9.17. The molecule has 19 heavy (non-hydrogen) atoms. The van der Waals surface area contributed by atoms with Crippen LogP contribution >= 0.6 is 0 Å². The molecule has 5 heteroatoms. The summed E-state index contributed by atoms with van der Waals surface area (Å²) in [6.07, 6.45) is 0.459. The molecule has 5 nitrogen and oxygen atoms in total. The lowest BCUT2D eigenvalue weighted by atomic mass is 10.1.